The quantitative estimate of drug-likeness (QED) is 0.455. The average molecular weight is 428 g/mol. The first-order valence-electron chi connectivity index (χ1n) is 10.2. The van der Waals surface area contributed by atoms with Crippen molar-refractivity contribution < 1.29 is 23.5 Å². The number of anilines is 2. The summed E-state index contributed by atoms with van der Waals surface area (Å²) in [6, 6.07) is 24.3. The molecule has 0 spiro atoms. The van der Waals surface area contributed by atoms with E-state index in [0.717, 1.165) is 16.5 Å². The standard InChI is InChI=1S/C25H20N2O5/c28-24(26-21-7-3-4-8-22(21)27-13-14-30-25(27)29)23-12-11-20(32-23)16-31-19-10-9-17-5-1-2-6-18(17)15-19/h1-12,15H,13-14,16H2,(H,26,28). The summed E-state index contributed by atoms with van der Waals surface area (Å²) in [5.41, 5.74) is 1.08. The molecule has 2 amide bonds. The predicted octanol–water partition coefficient (Wildman–Crippen LogP) is 5.22. The van der Waals surface area contributed by atoms with Gasteiger partial charge in [0.05, 0.1) is 17.9 Å². The summed E-state index contributed by atoms with van der Waals surface area (Å²) in [6.45, 7) is 0.949. The fraction of sp³-hybridized carbons (Fsp3) is 0.120. The molecule has 0 atom stereocenters. The maximum Gasteiger partial charge on any atom is 0.414 e. The second kappa shape index (κ2) is 8.47. The molecule has 1 fully saturated rings. The summed E-state index contributed by atoms with van der Waals surface area (Å²) in [5.74, 6) is 0.986. The molecule has 1 N–H and O–H groups in total. The van der Waals surface area contributed by atoms with Gasteiger partial charge in [-0.25, -0.2) is 4.79 Å². The van der Waals surface area contributed by atoms with Gasteiger partial charge in [-0.2, -0.15) is 0 Å². The second-order valence-corrected chi connectivity index (χ2v) is 7.30. The van der Waals surface area contributed by atoms with Crippen molar-refractivity contribution in [3.8, 4) is 5.75 Å². The van der Waals surface area contributed by atoms with Crippen LogP contribution in [0.1, 0.15) is 16.3 Å². The van der Waals surface area contributed by atoms with Gasteiger partial charge < -0.3 is 19.2 Å². The Kier molecular flexibility index (Phi) is 5.21. The average Bonchev–Trinajstić information content (AvgIpc) is 3.47. The maximum absolute atomic E-state index is 12.7. The molecule has 4 aromatic rings. The Morgan fingerprint density at radius 3 is 2.62 bits per heavy atom. The molecule has 1 saturated heterocycles. The zero-order valence-electron chi connectivity index (χ0n) is 17.1. The number of hydrogen-bond donors (Lipinski definition) is 1. The van der Waals surface area contributed by atoms with Crippen molar-refractivity contribution in [2.75, 3.05) is 23.4 Å². The lowest BCUT2D eigenvalue weighted by Gasteiger charge is -2.17. The van der Waals surface area contributed by atoms with Crippen LogP contribution in [0, 0.1) is 0 Å². The first-order chi connectivity index (χ1) is 15.7. The third kappa shape index (κ3) is 4.00. The van der Waals surface area contributed by atoms with Crippen molar-refractivity contribution >= 4 is 34.1 Å². The number of nitrogens with zero attached hydrogens (tertiary/aromatic N) is 1. The van der Waals surface area contributed by atoms with Crippen LogP contribution in [0.4, 0.5) is 16.2 Å². The molecular formula is C25H20N2O5. The summed E-state index contributed by atoms with van der Waals surface area (Å²) in [4.78, 5) is 26.1. The highest BCUT2D eigenvalue weighted by atomic mass is 16.6. The fourth-order valence-electron chi connectivity index (χ4n) is 3.60. The molecule has 1 aliphatic heterocycles. The topological polar surface area (TPSA) is 81.0 Å². The molecule has 160 valence electrons. The predicted molar refractivity (Wildman–Crippen MR) is 120 cm³/mol. The molecule has 0 bridgehead atoms. The first-order valence-corrected chi connectivity index (χ1v) is 10.2. The fourth-order valence-corrected chi connectivity index (χ4v) is 3.60. The van der Waals surface area contributed by atoms with Crippen molar-refractivity contribution in [3.63, 3.8) is 0 Å². The SMILES string of the molecule is O=C(Nc1ccccc1N1CCOC1=O)c1ccc(COc2ccc3ccccc3c2)o1. The van der Waals surface area contributed by atoms with Crippen LogP contribution in [0.5, 0.6) is 5.75 Å². The molecule has 5 rings (SSSR count). The summed E-state index contributed by atoms with van der Waals surface area (Å²) in [5, 5.41) is 5.03. The van der Waals surface area contributed by atoms with Crippen LogP contribution in [-0.2, 0) is 11.3 Å². The Balaban J connectivity index is 1.25. The van der Waals surface area contributed by atoms with Crippen LogP contribution in [0.3, 0.4) is 0 Å². The van der Waals surface area contributed by atoms with Gasteiger partial charge in [-0.1, -0.05) is 42.5 Å². The molecule has 1 aromatic heterocycles. The third-order valence-electron chi connectivity index (χ3n) is 5.19. The second-order valence-electron chi connectivity index (χ2n) is 7.30. The molecule has 3 aromatic carbocycles. The van der Waals surface area contributed by atoms with Gasteiger partial charge in [-0.15, -0.1) is 0 Å². The number of hydrogen-bond acceptors (Lipinski definition) is 5. The van der Waals surface area contributed by atoms with E-state index in [-0.39, 0.29) is 12.4 Å². The number of nitrogens with one attached hydrogen (secondary N) is 1. The van der Waals surface area contributed by atoms with Gasteiger partial charge in [-0.3, -0.25) is 9.69 Å². The molecule has 1 aliphatic rings. The van der Waals surface area contributed by atoms with Crippen LogP contribution in [0.25, 0.3) is 10.8 Å². The minimum atomic E-state index is -0.433. The number of carbonyl (C=O) groups is 2. The largest absolute Gasteiger partial charge is 0.486 e. The molecule has 2 heterocycles. The van der Waals surface area contributed by atoms with Gasteiger partial charge in [0, 0.05) is 0 Å². The van der Waals surface area contributed by atoms with Crippen molar-refractivity contribution in [2.24, 2.45) is 0 Å². The van der Waals surface area contributed by atoms with E-state index in [2.05, 4.69) is 5.32 Å². The molecule has 0 radical (unpaired) electrons. The summed E-state index contributed by atoms with van der Waals surface area (Å²) in [6.07, 6.45) is -0.433. The molecular weight excluding hydrogens is 408 g/mol. The van der Waals surface area contributed by atoms with Crippen LogP contribution in [0.15, 0.2) is 83.3 Å². The van der Waals surface area contributed by atoms with Crippen LogP contribution >= 0.6 is 0 Å². The monoisotopic (exact) mass is 428 g/mol. The zero-order chi connectivity index (χ0) is 21.9. The van der Waals surface area contributed by atoms with Gasteiger partial charge in [0.1, 0.15) is 24.7 Å². The Morgan fingerprint density at radius 2 is 1.78 bits per heavy atom. The normalized spacial score (nSPS) is 13.2. The Morgan fingerprint density at radius 1 is 0.969 bits per heavy atom. The summed E-state index contributed by atoms with van der Waals surface area (Å²) >= 11 is 0. The summed E-state index contributed by atoms with van der Waals surface area (Å²) < 4.78 is 16.5. The van der Waals surface area contributed by atoms with E-state index >= 15 is 0 Å². The van der Waals surface area contributed by atoms with E-state index in [4.69, 9.17) is 13.9 Å². The molecule has 32 heavy (non-hydrogen) atoms. The third-order valence-corrected chi connectivity index (χ3v) is 5.19. The molecule has 0 aliphatic carbocycles. The van der Waals surface area contributed by atoms with Crippen molar-refractivity contribution in [2.45, 2.75) is 6.61 Å². The van der Waals surface area contributed by atoms with Gasteiger partial charge in [0.25, 0.3) is 5.91 Å². The number of benzene rings is 3. The van der Waals surface area contributed by atoms with E-state index in [9.17, 15) is 9.59 Å². The number of amides is 2. The Labute approximate surface area is 184 Å². The summed E-state index contributed by atoms with van der Waals surface area (Å²) in [7, 11) is 0. The number of cyclic esters (lactones) is 1. The Hall–Kier alpha value is -4.26. The lowest BCUT2D eigenvalue weighted by atomic mass is 10.1. The van der Waals surface area contributed by atoms with Crippen LogP contribution in [-0.4, -0.2) is 25.2 Å². The van der Waals surface area contributed by atoms with Crippen molar-refractivity contribution in [1.29, 1.82) is 0 Å². The van der Waals surface area contributed by atoms with E-state index < -0.39 is 12.0 Å². The number of fused-ring (bicyclic) bond motifs is 1. The molecule has 0 unspecified atom stereocenters. The maximum atomic E-state index is 12.7. The lowest BCUT2D eigenvalue weighted by molar-refractivity contribution is 0.0992. The zero-order valence-corrected chi connectivity index (χ0v) is 17.1. The van der Waals surface area contributed by atoms with E-state index in [1.54, 1.807) is 36.4 Å². The number of carbonyl (C=O) groups excluding carboxylic acids is 2. The number of para-hydroxylation sites is 2. The molecule has 0 saturated carbocycles. The first kappa shape index (κ1) is 19.7. The highest BCUT2D eigenvalue weighted by Gasteiger charge is 2.26. The number of rotatable bonds is 6. The highest BCUT2D eigenvalue weighted by molar-refractivity contribution is 6.05. The van der Waals surface area contributed by atoms with Gasteiger partial charge >= 0.3 is 6.09 Å². The number of furan rings is 1. The van der Waals surface area contributed by atoms with Crippen LogP contribution < -0.4 is 15.0 Å². The smallest absolute Gasteiger partial charge is 0.414 e. The number of ether oxygens (including phenoxy) is 2. The van der Waals surface area contributed by atoms with Crippen molar-refractivity contribution in [1.82, 2.24) is 0 Å². The minimum absolute atomic E-state index is 0.154. The lowest BCUT2D eigenvalue weighted by Crippen LogP contribution is -2.25. The minimum Gasteiger partial charge on any atom is -0.486 e. The van der Waals surface area contributed by atoms with Gasteiger partial charge in [-0.05, 0) is 47.2 Å². The highest BCUT2D eigenvalue weighted by Crippen LogP contribution is 2.28. The van der Waals surface area contributed by atoms with E-state index in [0.29, 0.717) is 30.3 Å². The van der Waals surface area contributed by atoms with Crippen LogP contribution in [0.2, 0.25) is 0 Å². The molecule has 7 heteroatoms. The van der Waals surface area contributed by atoms with E-state index in [1.165, 1.54) is 4.90 Å². The van der Waals surface area contributed by atoms with Gasteiger partial charge in [0.2, 0.25) is 0 Å². The van der Waals surface area contributed by atoms with Gasteiger partial charge in [0.15, 0.2) is 5.76 Å². The van der Waals surface area contributed by atoms with E-state index in [1.807, 2.05) is 42.5 Å². The molecule has 7 nitrogen and oxygen atoms in total. The Bertz CT molecular complexity index is 1300. The van der Waals surface area contributed by atoms with Crippen molar-refractivity contribution in [3.05, 3.63) is 90.4 Å².